The molecule has 0 saturated heterocycles. The van der Waals surface area contributed by atoms with Gasteiger partial charge in [-0.3, -0.25) is 4.68 Å². The number of alkyl halides is 1. The first-order valence-electron chi connectivity index (χ1n) is 4.82. The first-order chi connectivity index (χ1) is 6.27. The highest BCUT2D eigenvalue weighted by atomic mass is 79.9. The highest BCUT2D eigenvalue weighted by molar-refractivity contribution is 9.09. The van der Waals surface area contributed by atoms with Crippen LogP contribution in [0, 0.1) is 12.8 Å². The van der Waals surface area contributed by atoms with E-state index >= 15 is 0 Å². The third-order valence-corrected chi connectivity index (χ3v) is 3.19. The third kappa shape index (κ3) is 3.14. The minimum absolute atomic E-state index is 0.712. The van der Waals surface area contributed by atoms with Crippen LogP contribution in [0.3, 0.4) is 0 Å². The number of rotatable bonds is 5. The fraction of sp³-hybridized carbons (Fsp3) is 0.700. The largest absolute Gasteiger partial charge is 0.270 e. The molecule has 0 radical (unpaired) electrons. The molecule has 0 spiro atoms. The first-order valence-corrected chi connectivity index (χ1v) is 5.94. The molecule has 3 heteroatoms. The molecule has 74 valence electrons. The van der Waals surface area contributed by atoms with E-state index in [-0.39, 0.29) is 0 Å². The highest BCUT2D eigenvalue weighted by Gasteiger charge is 2.08. The molecule has 0 aliphatic rings. The summed E-state index contributed by atoms with van der Waals surface area (Å²) in [5.41, 5.74) is 1.25. The van der Waals surface area contributed by atoms with E-state index in [0.29, 0.717) is 5.92 Å². The second-order valence-corrected chi connectivity index (χ2v) is 4.11. The Morgan fingerprint density at radius 2 is 2.38 bits per heavy atom. The van der Waals surface area contributed by atoms with Crippen LogP contribution in [-0.4, -0.2) is 15.1 Å². The Morgan fingerprint density at radius 1 is 1.62 bits per heavy atom. The van der Waals surface area contributed by atoms with Crippen LogP contribution in [-0.2, 0) is 6.54 Å². The Bertz CT molecular complexity index is 245. The van der Waals surface area contributed by atoms with E-state index < -0.39 is 0 Å². The molecular weight excluding hydrogens is 228 g/mol. The lowest BCUT2D eigenvalue weighted by Gasteiger charge is -2.13. The molecule has 13 heavy (non-hydrogen) atoms. The fourth-order valence-corrected chi connectivity index (χ4v) is 1.99. The summed E-state index contributed by atoms with van der Waals surface area (Å²) < 4.78 is 2.08. The Balaban J connectivity index is 2.51. The number of aryl methyl sites for hydroxylation is 1. The quantitative estimate of drug-likeness (QED) is 0.729. The van der Waals surface area contributed by atoms with Gasteiger partial charge >= 0.3 is 0 Å². The number of halogens is 1. The summed E-state index contributed by atoms with van der Waals surface area (Å²) in [6, 6.07) is 2.05. The van der Waals surface area contributed by atoms with E-state index in [1.165, 1.54) is 18.5 Å². The molecule has 0 amide bonds. The van der Waals surface area contributed by atoms with Crippen LogP contribution in [0.1, 0.15) is 25.5 Å². The van der Waals surface area contributed by atoms with E-state index in [1.54, 1.807) is 0 Å². The normalized spacial score (nSPS) is 13.2. The van der Waals surface area contributed by atoms with Gasteiger partial charge in [0.15, 0.2) is 0 Å². The van der Waals surface area contributed by atoms with Crippen molar-refractivity contribution in [3.63, 3.8) is 0 Å². The van der Waals surface area contributed by atoms with E-state index in [9.17, 15) is 0 Å². The van der Waals surface area contributed by atoms with Gasteiger partial charge in [0.25, 0.3) is 0 Å². The molecule has 0 bridgehead atoms. The Labute approximate surface area is 88.5 Å². The minimum atomic E-state index is 0.712. The molecule has 2 nitrogen and oxygen atoms in total. The van der Waals surface area contributed by atoms with Gasteiger partial charge in [0, 0.05) is 23.8 Å². The van der Waals surface area contributed by atoms with Crippen molar-refractivity contribution in [2.75, 3.05) is 5.33 Å². The van der Waals surface area contributed by atoms with Crippen molar-refractivity contribution >= 4 is 15.9 Å². The molecule has 1 aromatic rings. The zero-order chi connectivity index (χ0) is 9.68. The summed E-state index contributed by atoms with van der Waals surface area (Å²) in [5, 5.41) is 5.35. The van der Waals surface area contributed by atoms with Gasteiger partial charge in [0.1, 0.15) is 0 Å². The molecule has 0 aromatic carbocycles. The second kappa shape index (κ2) is 5.43. The van der Waals surface area contributed by atoms with Gasteiger partial charge in [-0.25, -0.2) is 0 Å². The molecule has 1 rings (SSSR count). The third-order valence-electron chi connectivity index (χ3n) is 2.28. The van der Waals surface area contributed by atoms with Crippen LogP contribution < -0.4 is 0 Å². The minimum Gasteiger partial charge on any atom is -0.270 e. The predicted molar refractivity (Wildman–Crippen MR) is 59.2 cm³/mol. The van der Waals surface area contributed by atoms with Crippen LogP contribution in [0.2, 0.25) is 0 Å². The molecule has 1 atom stereocenters. The van der Waals surface area contributed by atoms with Crippen LogP contribution in [0.4, 0.5) is 0 Å². The lowest BCUT2D eigenvalue weighted by Crippen LogP contribution is -2.14. The standard InChI is InChI=1S/C10H17BrN2/c1-3-4-10(7-11)8-13-9(2)5-6-12-13/h5-6,10H,3-4,7-8H2,1-2H3. The van der Waals surface area contributed by atoms with Gasteiger partial charge in [-0.15, -0.1) is 0 Å². The maximum atomic E-state index is 4.28. The van der Waals surface area contributed by atoms with Gasteiger partial charge in [0.2, 0.25) is 0 Å². The maximum absolute atomic E-state index is 4.28. The van der Waals surface area contributed by atoms with Crippen molar-refractivity contribution in [2.24, 2.45) is 5.92 Å². The summed E-state index contributed by atoms with van der Waals surface area (Å²) >= 11 is 3.55. The van der Waals surface area contributed by atoms with Crippen molar-refractivity contribution in [3.8, 4) is 0 Å². The van der Waals surface area contributed by atoms with E-state index in [4.69, 9.17) is 0 Å². The van der Waals surface area contributed by atoms with Crippen molar-refractivity contribution in [2.45, 2.75) is 33.2 Å². The molecule has 0 fully saturated rings. The lowest BCUT2D eigenvalue weighted by molar-refractivity contribution is 0.423. The monoisotopic (exact) mass is 244 g/mol. The Hall–Kier alpha value is -0.310. The molecule has 0 N–H and O–H groups in total. The summed E-state index contributed by atoms with van der Waals surface area (Å²) in [7, 11) is 0. The molecule has 1 unspecified atom stereocenters. The van der Waals surface area contributed by atoms with Crippen molar-refractivity contribution < 1.29 is 0 Å². The predicted octanol–water partition coefficient (Wildman–Crippen LogP) is 3.00. The number of hydrogen-bond acceptors (Lipinski definition) is 1. The SMILES string of the molecule is CCCC(CBr)Cn1nccc1C. The highest BCUT2D eigenvalue weighted by Crippen LogP contribution is 2.13. The van der Waals surface area contributed by atoms with Crippen LogP contribution in [0.15, 0.2) is 12.3 Å². The van der Waals surface area contributed by atoms with Gasteiger partial charge in [-0.2, -0.15) is 5.10 Å². The summed E-state index contributed by atoms with van der Waals surface area (Å²) in [6.45, 7) is 5.37. The van der Waals surface area contributed by atoms with E-state index in [1.807, 2.05) is 6.20 Å². The van der Waals surface area contributed by atoms with Crippen molar-refractivity contribution in [1.82, 2.24) is 9.78 Å². The average molecular weight is 245 g/mol. The van der Waals surface area contributed by atoms with Crippen molar-refractivity contribution in [1.29, 1.82) is 0 Å². The topological polar surface area (TPSA) is 17.8 Å². The molecule has 1 heterocycles. The van der Waals surface area contributed by atoms with Gasteiger partial charge < -0.3 is 0 Å². The molecule has 0 aliphatic carbocycles. The summed E-state index contributed by atoms with van der Waals surface area (Å²) in [4.78, 5) is 0. The number of nitrogens with zero attached hydrogens (tertiary/aromatic N) is 2. The Kier molecular flexibility index (Phi) is 4.50. The van der Waals surface area contributed by atoms with Crippen LogP contribution >= 0.6 is 15.9 Å². The van der Waals surface area contributed by atoms with Gasteiger partial charge in [-0.05, 0) is 25.3 Å². The van der Waals surface area contributed by atoms with Crippen molar-refractivity contribution in [3.05, 3.63) is 18.0 Å². The smallest absolute Gasteiger partial charge is 0.0492 e. The fourth-order valence-electron chi connectivity index (χ4n) is 1.46. The molecule has 1 aromatic heterocycles. The maximum Gasteiger partial charge on any atom is 0.0492 e. The summed E-state index contributed by atoms with van der Waals surface area (Å²) in [5.74, 6) is 0.712. The van der Waals surface area contributed by atoms with Gasteiger partial charge in [0.05, 0.1) is 0 Å². The van der Waals surface area contributed by atoms with Crippen LogP contribution in [0.5, 0.6) is 0 Å². The molecule has 0 saturated carbocycles. The first kappa shape index (κ1) is 10.8. The second-order valence-electron chi connectivity index (χ2n) is 3.46. The van der Waals surface area contributed by atoms with Crippen LogP contribution in [0.25, 0.3) is 0 Å². The zero-order valence-electron chi connectivity index (χ0n) is 8.33. The number of aromatic nitrogens is 2. The molecule has 0 aliphatic heterocycles. The lowest BCUT2D eigenvalue weighted by atomic mass is 10.1. The molecular formula is C10H17BrN2. The van der Waals surface area contributed by atoms with E-state index in [2.05, 4.69) is 45.6 Å². The zero-order valence-corrected chi connectivity index (χ0v) is 9.92. The number of hydrogen-bond donors (Lipinski definition) is 0. The Morgan fingerprint density at radius 3 is 2.85 bits per heavy atom. The van der Waals surface area contributed by atoms with Gasteiger partial charge in [-0.1, -0.05) is 29.3 Å². The summed E-state index contributed by atoms with van der Waals surface area (Å²) in [6.07, 6.45) is 4.38. The average Bonchev–Trinajstić information content (AvgIpc) is 2.51. The van der Waals surface area contributed by atoms with E-state index in [0.717, 1.165) is 11.9 Å².